The van der Waals surface area contributed by atoms with E-state index in [9.17, 15) is 5.11 Å². The molecule has 0 amide bonds. The van der Waals surface area contributed by atoms with Gasteiger partial charge in [-0.3, -0.25) is 4.98 Å². The number of phenols is 1. The number of nitrogen functional groups attached to an aromatic ring is 1. The van der Waals surface area contributed by atoms with Crippen molar-refractivity contribution < 1.29 is 5.11 Å². The Bertz CT molecular complexity index is 711. The van der Waals surface area contributed by atoms with Gasteiger partial charge in [-0.1, -0.05) is 6.07 Å². The molecule has 0 saturated heterocycles. The number of hydrogen-bond acceptors (Lipinski definition) is 5. The van der Waals surface area contributed by atoms with Crippen molar-refractivity contribution in [1.82, 2.24) is 9.97 Å². The molecule has 4 N–H and O–H groups in total. The Labute approximate surface area is 96.9 Å². The second kappa shape index (κ2) is 3.57. The summed E-state index contributed by atoms with van der Waals surface area (Å²) < 4.78 is 0. The fourth-order valence-corrected chi connectivity index (χ4v) is 1.90. The molecule has 5 nitrogen and oxygen atoms in total. The van der Waals surface area contributed by atoms with Crippen molar-refractivity contribution >= 4 is 27.6 Å². The van der Waals surface area contributed by atoms with Crippen molar-refractivity contribution in [3.63, 3.8) is 0 Å². The summed E-state index contributed by atoms with van der Waals surface area (Å²) in [5.74, 6) is 5.92. The van der Waals surface area contributed by atoms with Crippen molar-refractivity contribution in [2.75, 3.05) is 5.43 Å². The number of nitrogens with two attached hydrogens (primary N) is 1. The average molecular weight is 226 g/mol. The molecule has 0 radical (unpaired) electrons. The Kier molecular flexibility index (Phi) is 2.06. The molecular weight excluding hydrogens is 216 g/mol. The van der Waals surface area contributed by atoms with Gasteiger partial charge in [-0.2, -0.15) is 0 Å². The van der Waals surface area contributed by atoms with Crippen molar-refractivity contribution in [1.29, 1.82) is 0 Å². The number of pyridine rings is 2. The van der Waals surface area contributed by atoms with E-state index in [1.807, 2.05) is 18.2 Å². The lowest BCUT2D eigenvalue weighted by Gasteiger charge is -2.06. The third-order valence-corrected chi connectivity index (χ3v) is 2.67. The molecule has 0 saturated carbocycles. The third-order valence-electron chi connectivity index (χ3n) is 2.67. The van der Waals surface area contributed by atoms with Gasteiger partial charge in [0.25, 0.3) is 0 Å². The van der Waals surface area contributed by atoms with Gasteiger partial charge in [-0.25, -0.2) is 10.8 Å². The van der Waals surface area contributed by atoms with E-state index in [0.29, 0.717) is 11.3 Å². The van der Waals surface area contributed by atoms with Gasteiger partial charge >= 0.3 is 0 Å². The summed E-state index contributed by atoms with van der Waals surface area (Å²) >= 11 is 0. The van der Waals surface area contributed by atoms with Crippen LogP contribution in [0.25, 0.3) is 21.8 Å². The number of benzene rings is 1. The summed E-state index contributed by atoms with van der Waals surface area (Å²) in [6, 6.07) is 8.97. The van der Waals surface area contributed by atoms with E-state index in [4.69, 9.17) is 5.84 Å². The Morgan fingerprint density at radius 2 is 2.06 bits per heavy atom. The van der Waals surface area contributed by atoms with Gasteiger partial charge in [0.1, 0.15) is 17.1 Å². The molecule has 0 bridgehead atoms. The van der Waals surface area contributed by atoms with Crippen LogP contribution < -0.4 is 11.3 Å². The van der Waals surface area contributed by atoms with Crippen LogP contribution in [0.15, 0.2) is 36.5 Å². The molecule has 0 atom stereocenters. The zero-order chi connectivity index (χ0) is 11.8. The zero-order valence-electron chi connectivity index (χ0n) is 8.88. The van der Waals surface area contributed by atoms with Crippen molar-refractivity contribution in [2.45, 2.75) is 0 Å². The minimum absolute atomic E-state index is 0.123. The van der Waals surface area contributed by atoms with Crippen LogP contribution in [0, 0.1) is 0 Å². The Morgan fingerprint density at radius 1 is 1.18 bits per heavy atom. The fourth-order valence-electron chi connectivity index (χ4n) is 1.90. The number of aromatic nitrogens is 2. The van der Waals surface area contributed by atoms with Crippen LogP contribution >= 0.6 is 0 Å². The van der Waals surface area contributed by atoms with Crippen LogP contribution in [0.4, 0.5) is 5.82 Å². The first kappa shape index (κ1) is 9.80. The topological polar surface area (TPSA) is 84.1 Å². The van der Waals surface area contributed by atoms with Gasteiger partial charge in [-0.15, -0.1) is 0 Å². The van der Waals surface area contributed by atoms with Crippen LogP contribution in [0.2, 0.25) is 0 Å². The highest BCUT2D eigenvalue weighted by Gasteiger charge is 2.08. The summed E-state index contributed by atoms with van der Waals surface area (Å²) in [5, 5.41) is 11.6. The molecule has 17 heavy (non-hydrogen) atoms. The molecular formula is C12H10N4O. The molecule has 3 aromatic rings. The molecule has 5 heteroatoms. The highest BCUT2D eigenvalue weighted by atomic mass is 16.3. The lowest BCUT2D eigenvalue weighted by Crippen LogP contribution is -2.08. The molecule has 0 spiro atoms. The van der Waals surface area contributed by atoms with Gasteiger partial charge in [-0.05, 0) is 24.3 Å². The SMILES string of the molecule is NNc1ccc2c(n1)c(O)cc1cccnc12. The van der Waals surface area contributed by atoms with Crippen LogP contribution in [-0.2, 0) is 0 Å². The number of phenolic OH excluding ortho intramolecular Hbond substituents is 1. The highest BCUT2D eigenvalue weighted by Crippen LogP contribution is 2.30. The van der Waals surface area contributed by atoms with E-state index < -0.39 is 0 Å². The van der Waals surface area contributed by atoms with Gasteiger partial charge in [0, 0.05) is 17.0 Å². The minimum atomic E-state index is 0.123. The van der Waals surface area contributed by atoms with Crippen LogP contribution in [0.1, 0.15) is 0 Å². The van der Waals surface area contributed by atoms with E-state index in [1.54, 1.807) is 18.3 Å². The standard InChI is InChI=1S/C12H10N4O/c13-16-10-4-3-8-11-7(2-1-5-14-11)6-9(17)12(8)15-10/h1-6,17H,13H2,(H,15,16). The maximum atomic E-state index is 9.93. The number of nitrogens with one attached hydrogen (secondary N) is 1. The van der Waals surface area contributed by atoms with E-state index in [2.05, 4.69) is 15.4 Å². The molecule has 84 valence electrons. The summed E-state index contributed by atoms with van der Waals surface area (Å²) in [4.78, 5) is 8.52. The molecule has 0 aliphatic carbocycles. The Morgan fingerprint density at radius 3 is 2.88 bits per heavy atom. The monoisotopic (exact) mass is 226 g/mol. The van der Waals surface area contributed by atoms with Gasteiger partial charge in [0.15, 0.2) is 0 Å². The second-order valence-corrected chi connectivity index (χ2v) is 3.71. The number of fused-ring (bicyclic) bond motifs is 3. The Hall–Kier alpha value is -2.40. The largest absolute Gasteiger partial charge is 0.506 e. The maximum Gasteiger partial charge on any atom is 0.142 e. The first-order chi connectivity index (χ1) is 8.29. The van der Waals surface area contributed by atoms with Gasteiger partial charge < -0.3 is 10.5 Å². The zero-order valence-corrected chi connectivity index (χ0v) is 8.88. The smallest absolute Gasteiger partial charge is 0.142 e. The molecule has 2 heterocycles. The van der Waals surface area contributed by atoms with Crippen LogP contribution in [-0.4, -0.2) is 15.1 Å². The molecule has 0 unspecified atom stereocenters. The Balaban J connectivity index is 2.49. The molecule has 0 aliphatic rings. The minimum Gasteiger partial charge on any atom is -0.506 e. The maximum absolute atomic E-state index is 9.93. The molecule has 1 aromatic carbocycles. The van der Waals surface area contributed by atoms with Gasteiger partial charge in [0.05, 0.1) is 5.52 Å². The van der Waals surface area contributed by atoms with Crippen molar-refractivity contribution in [2.24, 2.45) is 5.84 Å². The number of anilines is 1. The average Bonchev–Trinajstić information content (AvgIpc) is 2.38. The number of rotatable bonds is 1. The molecule has 2 aromatic heterocycles. The molecule has 0 aliphatic heterocycles. The summed E-state index contributed by atoms with van der Waals surface area (Å²) in [7, 11) is 0. The van der Waals surface area contributed by atoms with Crippen LogP contribution in [0.3, 0.4) is 0 Å². The van der Waals surface area contributed by atoms with Gasteiger partial charge in [0.2, 0.25) is 0 Å². The number of hydrogen-bond donors (Lipinski definition) is 3. The second-order valence-electron chi connectivity index (χ2n) is 3.71. The first-order valence-electron chi connectivity index (χ1n) is 5.13. The lowest BCUT2D eigenvalue weighted by atomic mass is 10.1. The summed E-state index contributed by atoms with van der Waals surface area (Å²) in [6.45, 7) is 0. The third kappa shape index (κ3) is 1.44. The first-order valence-corrected chi connectivity index (χ1v) is 5.13. The molecule has 0 fully saturated rings. The predicted octanol–water partition coefficient (Wildman–Crippen LogP) is 1.77. The highest BCUT2D eigenvalue weighted by molar-refractivity contribution is 6.06. The number of nitrogens with zero attached hydrogens (tertiary/aromatic N) is 2. The van der Waals surface area contributed by atoms with Crippen molar-refractivity contribution in [3.8, 4) is 5.75 Å². The lowest BCUT2D eigenvalue weighted by molar-refractivity contribution is 0.481. The van der Waals surface area contributed by atoms with Crippen molar-refractivity contribution in [3.05, 3.63) is 36.5 Å². The normalized spacial score (nSPS) is 10.9. The summed E-state index contributed by atoms with van der Waals surface area (Å²) in [6.07, 6.45) is 1.72. The van der Waals surface area contributed by atoms with E-state index in [1.165, 1.54) is 0 Å². The van der Waals surface area contributed by atoms with E-state index in [0.717, 1.165) is 16.3 Å². The fraction of sp³-hybridized carbons (Fsp3) is 0. The number of aromatic hydroxyl groups is 1. The summed E-state index contributed by atoms with van der Waals surface area (Å²) in [5.41, 5.74) is 3.76. The quantitative estimate of drug-likeness (QED) is 0.334. The van der Waals surface area contributed by atoms with E-state index >= 15 is 0 Å². The number of hydrazine groups is 1. The van der Waals surface area contributed by atoms with Crippen LogP contribution in [0.5, 0.6) is 5.75 Å². The molecule has 3 rings (SSSR count). The predicted molar refractivity (Wildman–Crippen MR) is 66.5 cm³/mol. The van der Waals surface area contributed by atoms with E-state index in [-0.39, 0.29) is 5.75 Å².